The molecule has 1 unspecified atom stereocenters. The molecule has 2 rings (SSSR count). The molecule has 2 amide bonds. The van der Waals surface area contributed by atoms with Crippen LogP contribution >= 0.6 is 0 Å². The van der Waals surface area contributed by atoms with Gasteiger partial charge in [0.05, 0.1) is 6.10 Å². The Kier molecular flexibility index (Phi) is 7.41. The fourth-order valence-electron chi connectivity index (χ4n) is 2.64. The minimum Gasteiger partial charge on any atom is -0.491 e. The van der Waals surface area contributed by atoms with Gasteiger partial charge < -0.3 is 15.4 Å². The molecule has 0 aromatic heterocycles. The Morgan fingerprint density at radius 2 is 1.56 bits per heavy atom. The Bertz CT molecular complexity index is 740. The number of carbonyl (C=O) groups is 2. The second-order valence-corrected chi connectivity index (χ2v) is 7.19. The molecule has 0 fully saturated rings. The van der Waals surface area contributed by atoms with Crippen molar-refractivity contribution in [2.75, 3.05) is 5.32 Å². The van der Waals surface area contributed by atoms with E-state index in [1.807, 2.05) is 70.2 Å². The lowest BCUT2D eigenvalue weighted by atomic mass is 10.0. The average Bonchev–Trinajstić information content (AvgIpc) is 2.61. The Morgan fingerprint density at radius 1 is 0.926 bits per heavy atom. The Hall–Kier alpha value is -2.82. The first-order valence-electron chi connectivity index (χ1n) is 9.27. The van der Waals surface area contributed by atoms with Crippen LogP contribution in [0.3, 0.4) is 0 Å². The van der Waals surface area contributed by atoms with Gasteiger partial charge in [0, 0.05) is 12.1 Å². The minimum absolute atomic E-state index is 0.0871. The van der Waals surface area contributed by atoms with Gasteiger partial charge in [-0.25, -0.2) is 0 Å². The summed E-state index contributed by atoms with van der Waals surface area (Å²) < 4.78 is 5.61. The Labute approximate surface area is 161 Å². The number of hydrogen-bond acceptors (Lipinski definition) is 3. The van der Waals surface area contributed by atoms with Crippen LogP contribution in [0.4, 0.5) is 5.69 Å². The van der Waals surface area contributed by atoms with Gasteiger partial charge >= 0.3 is 0 Å². The minimum atomic E-state index is -0.746. The van der Waals surface area contributed by atoms with E-state index in [9.17, 15) is 9.59 Å². The first-order valence-corrected chi connectivity index (χ1v) is 9.27. The van der Waals surface area contributed by atoms with Crippen molar-refractivity contribution < 1.29 is 14.3 Å². The third-order valence-corrected chi connectivity index (χ3v) is 3.79. The van der Waals surface area contributed by atoms with Crippen molar-refractivity contribution in [3.05, 3.63) is 60.2 Å². The molecule has 5 nitrogen and oxygen atoms in total. The maximum atomic E-state index is 12.8. The monoisotopic (exact) mass is 368 g/mol. The maximum absolute atomic E-state index is 12.8. The van der Waals surface area contributed by atoms with Crippen LogP contribution in [0.25, 0.3) is 0 Å². The second kappa shape index (κ2) is 9.76. The van der Waals surface area contributed by atoms with E-state index >= 15 is 0 Å². The molecule has 144 valence electrons. The van der Waals surface area contributed by atoms with Gasteiger partial charge in [0.25, 0.3) is 5.91 Å². The molecule has 0 aliphatic carbocycles. The molecule has 0 heterocycles. The second-order valence-electron chi connectivity index (χ2n) is 7.19. The summed E-state index contributed by atoms with van der Waals surface area (Å²) in [6.45, 7) is 7.86. The van der Waals surface area contributed by atoms with Crippen molar-refractivity contribution in [3.63, 3.8) is 0 Å². The number of hydrogen-bond donors (Lipinski definition) is 2. The van der Waals surface area contributed by atoms with E-state index in [1.54, 1.807) is 12.1 Å². The highest BCUT2D eigenvalue weighted by Gasteiger charge is 2.23. The molecule has 2 aromatic rings. The average molecular weight is 368 g/mol. The van der Waals surface area contributed by atoms with E-state index in [1.165, 1.54) is 0 Å². The van der Waals surface area contributed by atoms with E-state index in [0.29, 0.717) is 12.1 Å². The van der Waals surface area contributed by atoms with Gasteiger partial charge in [-0.15, -0.1) is 0 Å². The number of anilines is 1. The molecular formula is C22H28N2O3. The van der Waals surface area contributed by atoms with Gasteiger partial charge in [0.2, 0.25) is 5.91 Å². The zero-order chi connectivity index (χ0) is 19.8. The molecule has 0 aliphatic heterocycles. The molecule has 2 N–H and O–H groups in total. The first kappa shape index (κ1) is 20.5. The predicted octanol–water partition coefficient (Wildman–Crippen LogP) is 4.32. The SMILES string of the molecule is CC(C)CC(=O)NC(C(=O)Nc1ccc(OC(C)C)cc1)c1ccccc1. The summed E-state index contributed by atoms with van der Waals surface area (Å²) in [5.41, 5.74) is 1.39. The van der Waals surface area contributed by atoms with Crippen LogP contribution in [-0.2, 0) is 9.59 Å². The summed E-state index contributed by atoms with van der Waals surface area (Å²) in [5.74, 6) is 0.538. The first-order chi connectivity index (χ1) is 12.8. The predicted molar refractivity (Wildman–Crippen MR) is 108 cm³/mol. The molecule has 2 aromatic carbocycles. The molecule has 27 heavy (non-hydrogen) atoms. The highest BCUT2D eigenvalue weighted by atomic mass is 16.5. The quantitative estimate of drug-likeness (QED) is 0.729. The summed E-state index contributed by atoms with van der Waals surface area (Å²) in [4.78, 5) is 25.1. The maximum Gasteiger partial charge on any atom is 0.251 e. The van der Waals surface area contributed by atoms with Crippen molar-refractivity contribution in [1.29, 1.82) is 0 Å². The zero-order valence-electron chi connectivity index (χ0n) is 16.4. The topological polar surface area (TPSA) is 67.4 Å². The molecule has 5 heteroatoms. The van der Waals surface area contributed by atoms with Crippen molar-refractivity contribution in [2.45, 2.75) is 46.3 Å². The lowest BCUT2D eigenvalue weighted by Crippen LogP contribution is -2.37. The highest BCUT2D eigenvalue weighted by molar-refractivity contribution is 5.97. The molecule has 0 spiro atoms. The lowest BCUT2D eigenvalue weighted by Gasteiger charge is -2.20. The van der Waals surface area contributed by atoms with Crippen LogP contribution in [0.2, 0.25) is 0 Å². The summed E-state index contributed by atoms with van der Waals surface area (Å²) in [6, 6.07) is 15.7. The van der Waals surface area contributed by atoms with Gasteiger partial charge in [-0.05, 0) is 49.6 Å². The molecule has 0 saturated carbocycles. The number of amides is 2. The Balaban J connectivity index is 2.12. The third-order valence-electron chi connectivity index (χ3n) is 3.79. The van der Waals surface area contributed by atoms with Crippen LogP contribution in [0.5, 0.6) is 5.75 Å². The lowest BCUT2D eigenvalue weighted by molar-refractivity contribution is -0.127. The number of carbonyl (C=O) groups excluding carboxylic acids is 2. The number of nitrogens with one attached hydrogen (secondary N) is 2. The largest absolute Gasteiger partial charge is 0.491 e. The summed E-state index contributed by atoms with van der Waals surface area (Å²) >= 11 is 0. The van der Waals surface area contributed by atoms with Crippen molar-refractivity contribution in [2.24, 2.45) is 5.92 Å². The van der Waals surface area contributed by atoms with Gasteiger partial charge in [-0.2, -0.15) is 0 Å². The van der Waals surface area contributed by atoms with Crippen LogP contribution in [0, 0.1) is 5.92 Å². The molecule has 0 saturated heterocycles. The summed E-state index contributed by atoms with van der Waals surface area (Å²) in [5, 5.41) is 5.72. The molecule has 0 bridgehead atoms. The Morgan fingerprint density at radius 3 is 2.11 bits per heavy atom. The molecular weight excluding hydrogens is 340 g/mol. The van der Waals surface area contributed by atoms with Crippen LogP contribution in [0.1, 0.15) is 45.7 Å². The van der Waals surface area contributed by atoms with Crippen molar-refractivity contribution >= 4 is 17.5 Å². The molecule has 1 atom stereocenters. The van der Waals surface area contributed by atoms with E-state index < -0.39 is 6.04 Å². The highest BCUT2D eigenvalue weighted by Crippen LogP contribution is 2.20. The normalized spacial score (nSPS) is 11.9. The zero-order valence-corrected chi connectivity index (χ0v) is 16.4. The van der Waals surface area contributed by atoms with Gasteiger partial charge in [0.15, 0.2) is 0 Å². The van der Waals surface area contributed by atoms with E-state index in [4.69, 9.17) is 4.74 Å². The van der Waals surface area contributed by atoms with Crippen LogP contribution in [0.15, 0.2) is 54.6 Å². The van der Waals surface area contributed by atoms with Gasteiger partial charge in [-0.1, -0.05) is 44.2 Å². The van der Waals surface area contributed by atoms with E-state index in [2.05, 4.69) is 10.6 Å². The fourth-order valence-corrected chi connectivity index (χ4v) is 2.64. The molecule has 0 radical (unpaired) electrons. The third kappa shape index (κ3) is 6.77. The number of benzene rings is 2. The number of ether oxygens (including phenoxy) is 1. The van der Waals surface area contributed by atoms with Crippen molar-refractivity contribution in [3.8, 4) is 5.75 Å². The smallest absolute Gasteiger partial charge is 0.251 e. The fraction of sp³-hybridized carbons (Fsp3) is 0.364. The van der Waals surface area contributed by atoms with Crippen molar-refractivity contribution in [1.82, 2.24) is 5.32 Å². The standard InChI is InChI=1S/C22H28N2O3/c1-15(2)14-20(25)24-21(17-8-6-5-7-9-17)22(26)23-18-10-12-19(13-11-18)27-16(3)4/h5-13,15-16,21H,14H2,1-4H3,(H,23,26)(H,24,25). The van der Waals surface area contributed by atoms with E-state index in [-0.39, 0.29) is 23.8 Å². The van der Waals surface area contributed by atoms with Crippen LogP contribution < -0.4 is 15.4 Å². The molecule has 0 aliphatic rings. The van der Waals surface area contributed by atoms with Gasteiger partial charge in [0.1, 0.15) is 11.8 Å². The number of rotatable bonds is 8. The van der Waals surface area contributed by atoms with E-state index in [0.717, 1.165) is 11.3 Å². The summed E-state index contributed by atoms with van der Waals surface area (Å²) in [7, 11) is 0. The summed E-state index contributed by atoms with van der Waals surface area (Å²) in [6.07, 6.45) is 0.460. The van der Waals surface area contributed by atoms with Gasteiger partial charge in [-0.3, -0.25) is 9.59 Å². The van der Waals surface area contributed by atoms with Crippen LogP contribution in [-0.4, -0.2) is 17.9 Å².